The van der Waals surface area contributed by atoms with Crippen molar-refractivity contribution >= 4 is 28.6 Å². The fourth-order valence-electron chi connectivity index (χ4n) is 3.04. The fourth-order valence-corrected chi connectivity index (χ4v) is 3.95. The minimum atomic E-state index is -0.0291. The second-order valence-electron chi connectivity index (χ2n) is 6.46. The van der Waals surface area contributed by atoms with E-state index in [1.54, 1.807) is 11.8 Å². The number of nitrogens with zero attached hydrogens (tertiary/aromatic N) is 2. The van der Waals surface area contributed by atoms with E-state index in [2.05, 4.69) is 38.1 Å². The molecule has 1 aliphatic heterocycles. The zero-order valence-electron chi connectivity index (χ0n) is 14.8. The molecule has 1 amide bonds. The van der Waals surface area contributed by atoms with Crippen LogP contribution in [0.1, 0.15) is 17.5 Å². The Bertz CT molecular complexity index is 766. The molecule has 1 aromatic carbocycles. The van der Waals surface area contributed by atoms with Crippen LogP contribution < -0.4 is 5.73 Å². The molecule has 2 heterocycles. The van der Waals surface area contributed by atoms with Gasteiger partial charge in [-0.15, -0.1) is 11.8 Å². The molecule has 0 aliphatic carbocycles. The highest BCUT2D eigenvalue weighted by atomic mass is 32.2. The van der Waals surface area contributed by atoms with Crippen molar-refractivity contribution in [1.82, 2.24) is 9.88 Å². The van der Waals surface area contributed by atoms with Gasteiger partial charge in [-0.1, -0.05) is 11.6 Å². The standard InChI is InChI=1S/C19H25N3O2S/c1-13-3-4-17-16(9-13)14(2)10-18(21-17)25-8-5-19(23)22-6-7-24-15(11-20)12-22/h3-4,9-10,15H,5-8,11-12,20H2,1-2H3/t15-/m1/s1. The van der Waals surface area contributed by atoms with Crippen molar-refractivity contribution in [2.24, 2.45) is 5.73 Å². The Morgan fingerprint density at radius 2 is 2.24 bits per heavy atom. The van der Waals surface area contributed by atoms with Crippen molar-refractivity contribution in [2.75, 3.05) is 32.0 Å². The molecule has 134 valence electrons. The van der Waals surface area contributed by atoms with Gasteiger partial charge in [0.05, 0.1) is 23.3 Å². The van der Waals surface area contributed by atoms with Crippen LogP contribution in [0.25, 0.3) is 10.9 Å². The van der Waals surface area contributed by atoms with E-state index in [1.807, 2.05) is 4.90 Å². The van der Waals surface area contributed by atoms with Crippen molar-refractivity contribution in [3.05, 3.63) is 35.4 Å². The van der Waals surface area contributed by atoms with Gasteiger partial charge in [-0.2, -0.15) is 0 Å². The van der Waals surface area contributed by atoms with Gasteiger partial charge in [0.15, 0.2) is 0 Å². The number of aromatic nitrogens is 1. The first kappa shape index (κ1) is 18.2. The van der Waals surface area contributed by atoms with Gasteiger partial charge in [0.25, 0.3) is 0 Å². The summed E-state index contributed by atoms with van der Waals surface area (Å²) in [7, 11) is 0. The molecular formula is C19H25N3O2S. The van der Waals surface area contributed by atoms with Crippen molar-refractivity contribution < 1.29 is 9.53 Å². The van der Waals surface area contributed by atoms with E-state index < -0.39 is 0 Å². The zero-order chi connectivity index (χ0) is 17.8. The van der Waals surface area contributed by atoms with Crippen molar-refractivity contribution in [3.8, 4) is 0 Å². The van der Waals surface area contributed by atoms with Crippen LogP contribution in [0.3, 0.4) is 0 Å². The number of morpholine rings is 1. The SMILES string of the molecule is Cc1ccc2nc(SCCC(=O)N3CCO[C@H](CN)C3)cc(C)c2c1. The number of aryl methyl sites for hydroxylation is 2. The number of amides is 1. The molecule has 0 unspecified atom stereocenters. The lowest BCUT2D eigenvalue weighted by Gasteiger charge is -2.32. The molecule has 5 nitrogen and oxygen atoms in total. The lowest BCUT2D eigenvalue weighted by atomic mass is 10.1. The third-order valence-corrected chi connectivity index (χ3v) is 5.38. The first-order valence-corrected chi connectivity index (χ1v) is 9.65. The van der Waals surface area contributed by atoms with E-state index in [4.69, 9.17) is 15.5 Å². The van der Waals surface area contributed by atoms with Gasteiger partial charge in [-0.25, -0.2) is 4.98 Å². The molecule has 6 heteroatoms. The summed E-state index contributed by atoms with van der Waals surface area (Å²) in [6, 6.07) is 8.42. The maximum absolute atomic E-state index is 12.4. The largest absolute Gasteiger partial charge is 0.373 e. The minimum Gasteiger partial charge on any atom is -0.373 e. The smallest absolute Gasteiger partial charge is 0.223 e. The third-order valence-electron chi connectivity index (χ3n) is 4.47. The van der Waals surface area contributed by atoms with Gasteiger partial charge in [0.1, 0.15) is 0 Å². The maximum atomic E-state index is 12.4. The quantitative estimate of drug-likeness (QED) is 0.831. The average molecular weight is 359 g/mol. The number of carbonyl (C=O) groups excluding carboxylic acids is 1. The number of thioether (sulfide) groups is 1. The fraction of sp³-hybridized carbons (Fsp3) is 0.474. The lowest BCUT2D eigenvalue weighted by Crippen LogP contribution is -2.48. The molecule has 0 bridgehead atoms. The van der Waals surface area contributed by atoms with Gasteiger partial charge in [0.2, 0.25) is 5.91 Å². The molecular weight excluding hydrogens is 334 g/mol. The summed E-state index contributed by atoms with van der Waals surface area (Å²) in [5, 5.41) is 2.17. The number of carbonyl (C=O) groups is 1. The molecule has 1 fully saturated rings. The number of pyridine rings is 1. The summed E-state index contributed by atoms with van der Waals surface area (Å²) in [6.07, 6.45) is 0.479. The molecule has 2 N–H and O–H groups in total. The summed E-state index contributed by atoms with van der Waals surface area (Å²) in [5.41, 5.74) is 9.11. The first-order chi connectivity index (χ1) is 12.1. The summed E-state index contributed by atoms with van der Waals surface area (Å²) in [6.45, 7) is 6.50. The Balaban J connectivity index is 1.57. The third kappa shape index (κ3) is 4.51. The van der Waals surface area contributed by atoms with Gasteiger partial charge >= 0.3 is 0 Å². The van der Waals surface area contributed by atoms with Gasteiger partial charge in [-0.3, -0.25) is 4.79 Å². The Morgan fingerprint density at radius 1 is 1.40 bits per heavy atom. The molecule has 0 saturated carbocycles. The van der Waals surface area contributed by atoms with Gasteiger partial charge < -0.3 is 15.4 Å². The van der Waals surface area contributed by atoms with Crippen LogP contribution in [-0.2, 0) is 9.53 Å². The normalized spacial score (nSPS) is 17.9. The molecule has 1 saturated heterocycles. The number of ether oxygens (including phenoxy) is 1. The molecule has 0 radical (unpaired) electrons. The number of nitrogens with two attached hydrogens (primary N) is 1. The van der Waals surface area contributed by atoms with Crippen molar-refractivity contribution in [1.29, 1.82) is 0 Å². The molecule has 1 atom stereocenters. The number of hydrogen-bond donors (Lipinski definition) is 1. The van der Waals surface area contributed by atoms with Crippen LogP contribution in [0, 0.1) is 13.8 Å². The van der Waals surface area contributed by atoms with Gasteiger partial charge in [0, 0.05) is 37.2 Å². The van der Waals surface area contributed by atoms with E-state index in [1.165, 1.54) is 16.5 Å². The summed E-state index contributed by atoms with van der Waals surface area (Å²) < 4.78 is 5.51. The van der Waals surface area contributed by atoms with Crippen LogP contribution in [-0.4, -0.2) is 53.9 Å². The molecule has 0 spiro atoms. The first-order valence-electron chi connectivity index (χ1n) is 8.67. The van der Waals surface area contributed by atoms with E-state index in [0.29, 0.717) is 32.7 Å². The molecule has 1 aromatic heterocycles. The van der Waals surface area contributed by atoms with Gasteiger partial charge in [-0.05, 0) is 37.6 Å². The Hall–Kier alpha value is -1.63. The summed E-state index contributed by atoms with van der Waals surface area (Å²) in [4.78, 5) is 18.9. The van der Waals surface area contributed by atoms with E-state index in [9.17, 15) is 4.79 Å². The minimum absolute atomic E-state index is 0.0291. The Morgan fingerprint density at radius 3 is 3.04 bits per heavy atom. The molecule has 3 rings (SSSR count). The summed E-state index contributed by atoms with van der Waals surface area (Å²) in [5.74, 6) is 0.898. The molecule has 2 aromatic rings. The zero-order valence-corrected chi connectivity index (χ0v) is 15.6. The lowest BCUT2D eigenvalue weighted by molar-refractivity contribution is -0.137. The Kier molecular flexibility index (Phi) is 5.93. The molecule has 1 aliphatic rings. The van der Waals surface area contributed by atoms with Crippen molar-refractivity contribution in [3.63, 3.8) is 0 Å². The highest BCUT2D eigenvalue weighted by Crippen LogP contribution is 2.25. The average Bonchev–Trinajstić information content (AvgIpc) is 2.62. The second-order valence-corrected chi connectivity index (χ2v) is 7.58. The number of hydrogen-bond acceptors (Lipinski definition) is 5. The van der Waals surface area contributed by atoms with E-state index in [-0.39, 0.29) is 12.0 Å². The van der Waals surface area contributed by atoms with Crippen LogP contribution in [0.2, 0.25) is 0 Å². The summed E-state index contributed by atoms with van der Waals surface area (Å²) >= 11 is 1.64. The highest BCUT2D eigenvalue weighted by Gasteiger charge is 2.22. The van der Waals surface area contributed by atoms with Crippen LogP contribution in [0.5, 0.6) is 0 Å². The monoisotopic (exact) mass is 359 g/mol. The van der Waals surface area contributed by atoms with E-state index in [0.717, 1.165) is 16.3 Å². The van der Waals surface area contributed by atoms with Crippen LogP contribution in [0.15, 0.2) is 29.3 Å². The Labute approximate surface area is 152 Å². The molecule has 25 heavy (non-hydrogen) atoms. The topological polar surface area (TPSA) is 68.5 Å². The van der Waals surface area contributed by atoms with Crippen LogP contribution in [0.4, 0.5) is 0 Å². The number of fused-ring (bicyclic) bond motifs is 1. The highest BCUT2D eigenvalue weighted by molar-refractivity contribution is 7.99. The van der Waals surface area contributed by atoms with Crippen LogP contribution >= 0.6 is 11.8 Å². The number of benzene rings is 1. The predicted molar refractivity (Wildman–Crippen MR) is 102 cm³/mol. The predicted octanol–water partition coefficient (Wildman–Crippen LogP) is 2.52. The second kappa shape index (κ2) is 8.17. The number of rotatable bonds is 5. The maximum Gasteiger partial charge on any atom is 0.223 e. The van der Waals surface area contributed by atoms with E-state index >= 15 is 0 Å². The van der Waals surface area contributed by atoms with Crippen molar-refractivity contribution in [2.45, 2.75) is 31.4 Å².